The summed E-state index contributed by atoms with van der Waals surface area (Å²) in [4.78, 5) is 12.2. The standard InChI is InChI=1S/C16H22FNO/c1-10-7-8-14(17)13(9-10)16(19)18-15-6-4-5-11(2)12(15)3/h7-9,11-12,15H,4-6H2,1-3H3,(H,18,19). The molecule has 1 amide bonds. The molecule has 2 rings (SSSR count). The molecule has 0 bridgehead atoms. The third kappa shape index (κ3) is 3.14. The van der Waals surface area contributed by atoms with E-state index in [-0.39, 0.29) is 17.5 Å². The summed E-state index contributed by atoms with van der Waals surface area (Å²) in [7, 11) is 0. The van der Waals surface area contributed by atoms with Crippen LogP contribution in [-0.2, 0) is 0 Å². The highest BCUT2D eigenvalue weighted by Gasteiger charge is 2.28. The second-order valence-corrected chi connectivity index (χ2v) is 5.83. The lowest BCUT2D eigenvalue weighted by Crippen LogP contribution is -2.43. The Morgan fingerprint density at radius 2 is 2.05 bits per heavy atom. The first kappa shape index (κ1) is 14.0. The van der Waals surface area contributed by atoms with Crippen molar-refractivity contribution in [3.63, 3.8) is 0 Å². The van der Waals surface area contributed by atoms with E-state index in [4.69, 9.17) is 0 Å². The Morgan fingerprint density at radius 1 is 1.32 bits per heavy atom. The van der Waals surface area contributed by atoms with Crippen LogP contribution in [-0.4, -0.2) is 11.9 Å². The maximum atomic E-state index is 13.7. The topological polar surface area (TPSA) is 29.1 Å². The summed E-state index contributed by atoms with van der Waals surface area (Å²) in [5, 5.41) is 3.00. The first-order valence-corrected chi connectivity index (χ1v) is 7.06. The van der Waals surface area contributed by atoms with Crippen molar-refractivity contribution in [2.75, 3.05) is 0 Å². The van der Waals surface area contributed by atoms with E-state index in [1.165, 1.54) is 12.5 Å². The van der Waals surface area contributed by atoms with Crippen molar-refractivity contribution in [2.24, 2.45) is 11.8 Å². The van der Waals surface area contributed by atoms with Gasteiger partial charge in [0.25, 0.3) is 5.91 Å². The van der Waals surface area contributed by atoms with Crippen LogP contribution in [0, 0.1) is 24.6 Å². The van der Waals surface area contributed by atoms with Gasteiger partial charge in [-0.25, -0.2) is 4.39 Å². The molecule has 0 heterocycles. The molecule has 104 valence electrons. The Balaban J connectivity index is 2.10. The summed E-state index contributed by atoms with van der Waals surface area (Å²) in [5.41, 5.74) is 1.06. The molecular formula is C16H22FNO. The van der Waals surface area contributed by atoms with Crippen molar-refractivity contribution in [1.82, 2.24) is 5.32 Å². The second kappa shape index (κ2) is 5.72. The van der Waals surface area contributed by atoms with Crippen LogP contribution >= 0.6 is 0 Å². The number of hydrogen-bond acceptors (Lipinski definition) is 1. The minimum Gasteiger partial charge on any atom is -0.349 e. The van der Waals surface area contributed by atoms with E-state index in [1.807, 2.05) is 6.92 Å². The number of carbonyl (C=O) groups is 1. The summed E-state index contributed by atoms with van der Waals surface area (Å²) < 4.78 is 13.7. The Morgan fingerprint density at radius 3 is 2.79 bits per heavy atom. The molecule has 0 spiro atoms. The van der Waals surface area contributed by atoms with Crippen molar-refractivity contribution in [3.8, 4) is 0 Å². The van der Waals surface area contributed by atoms with Crippen molar-refractivity contribution < 1.29 is 9.18 Å². The highest BCUT2D eigenvalue weighted by Crippen LogP contribution is 2.29. The third-order valence-electron chi connectivity index (χ3n) is 4.39. The molecule has 2 nitrogen and oxygen atoms in total. The van der Waals surface area contributed by atoms with Gasteiger partial charge in [-0.3, -0.25) is 4.79 Å². The van der Waals surface area contributed by atoms with Crippen molar-refractivity contribution in [1.29, 1.82) is 0 Å². The van der Waals surface area contributed by atoms with Gasteiger partial charge in [0.1, 0.15) is 5.82 Å². The van der Waals surface area contributed by atoms with Crippen LogP contribution in [0.25, 0.3) is 0 Å². The number of nitrogens with one attached hydrogen (secondary N) is 1. The van der Waals surface area contributed by atoms with Crippen LogP contribution in [0.3, 0.4) is 0 Å². The lowest BCUT2D eigenvalue weighted by atomic mass is 9.78. The molecule has 1 saturated carbocycles. The predicted octanol–water partition coefficient (Wildman–Crippen LogP) is 3.69. The molecule has 1 fully saturated rings. The number of halogens is 1. The minimum absolute atomic E-state index is 0.158. The molecule has 1 aliphatic carbocycles. The van der Waals surface area contributed by atoms with Gasteiger partial charge < -0.3 is 5.32 Å². The van der Waals surface area contributed by atoms with Crippen LogP contribution in [0.5, 0.6) is 0 Å². The van der Waals surface area contributed by atoms with E-state index in [9.17, 15) is 9.18 Å². The maximum Gasteiger partial charge on any atom is 0.254 e. The second-order valence-electron chi connectivity index (χ2n) is 5.83. The average molecular weight is 263 g/mol. The first-order valence-electron chi connectivity index (χ1n) is 7.06. The molecular weight excluding hydrogens is 241 g/mol. The van der Waals surface area contributed by atoms with E-state index in [2.05, 4.69) is 19.2 Å². The fourth-order valence-corrected chi connectivity index (χ4v) is 2.84. The number of aryl methyl sites for hydroxylation is 1. The zero-order valence-corrected chi connectivity index (χ0v) is 11.9. The van der Waals surface area contributed by atoms with E-state index in [0.29, 0.717) is 11.8 Å². The molecule has 19 heavy (non-hydrogen) atoms. The normalized spacial score (nSPS) is 27.1. The predicted molar refractivity (Wildman–Crippen MR) is 74.6 cm³/mol. The Kier molecular flexibility index (Phi) is 4.23. The van der Waals surface area contributed by atoms with Crippen LogP contribution in [0.1, 0.15) is 49.0 Å². The molecule has 0 aromatic heterocycles. The molecule has 1 N–H and O–H groups in total. The zero-order valence-electron chi connectivity index (χ0n) is 11.9. The maximum absolute atomic E-state index is 13.7. The molecule has 0 aliphatic heterocycles. The SMILES string of the molecule is Cc1ccc(F)c(C(=O)NC2CCCC(C)C2C)c1. The molecule has 0 saturated heterocycles. The smallest absolute Gasteiger partial charge is 0.254 e. The quantitative estimate of drug-likeness (QED) is 0.866. The summed E-state index contributed by atoms with van der Waals surface area (Å²) in [6, 6.07) is 4.81. The fourth-order valence-electron chi connectivity index (χ4n) is 2.84. The monoisotopic (exact) mass is 263 g/mol. The van der Waals surface area contributed by atoms with Gasteiger partial charge in [-0.05, 0) is 37.3 Å². The number of amides is 1. The summed E-state index contributed by atoms with van der Waals surface area (Å²) in [6.45, 7) is 6.25. The molecule has 3 atom stereocenters. The van der Waals surface area contributed by atoms with Gasteiger partial charge in [0, 0.05) is 6.04 Å². The zero-order chi connectivity index (χ0) is 14.0. The van der Waals surface area contributed by atoms with Crippen LogP contribution in [0.2, 0.25) is 0 Å². The lowest BCUT2D eigenvalue weighted by molar-refractivity contribution is 0.0887. The minimum atomic E-state index is -0.445. The molecule has 0 radical (unpaired) electrons. The molecule has 1 aromatic rings. The van der Waals surface area contributed by atoms with Gasteiger partial charge in [-0.2, -0.15) is 0 Å². The van der Waals surface area contributed by atoms with Gasteiger partial charge in [0.2, 0.25) is 0 Å². The molecule has 3 heteroatoms. The Bertz CT molecular complexity index is 472. The first-order chi connectivity index (χ1) is 8.99. The summed E-state index contributed by atoms with van der Waals surface area (Å²) in [5.74, 6) is 0.332. The van der Waals surface area contributed by atoms with E-state index in [0.717, 1.165) is 18.4 Å². The van der Waals surface area contributed by atoms with E-state index in [1.54, 1.807) is 12.1 Å². The van der Waals surface area contributed by atoms with E-state index < -0.39 is 5.82 Å². The molecule has 1 aliphatic rings. The van der Waals surface area contributed by atoms with Crippen LogP contribution in [0.4, 0.5) is 4.39 Å². The summed E-state index contributed by atoms with van der Waals surface area (Å²) >= 11 is 0. The lowest BCUT2D eigenvalue weighted by Gasteiger charge is -2.34. The average Bonchev–Trinajstić information content (AvgIpc) is 2.38. The largest absolute Gasteiger partial charge is 0.349 e. The highest BCUT2D eigenvalue weighted by molar-refractivity contribution is 5.94. The molecule has 3 unspecified atom stereocenters. The molecule has 1 aromatic carbocycles. The Hall–Kier alpha value is -1.38. The van der Waals surface area contributed by atoms with Gasteiger partial charge in [-0.15, -0.1) is 0 Å². The number of carbonyl (C=O) groups excluding carboxylic acids is 1. The third-order valence-corrected chi connectivity index (χ3v) is 4.39. The Labute approximate surface area is 114 Å². The van der Waals surface area contributed by atoms with Crippen LogP contribution < -0.4 is 5.32 Å². The van der Waals surface area contributed by atoms with Gasteiger partial charge in [0.15, 0.2) is 0 Å². The van der Waals surface area contributed by atoms with Crippen LogP contribution in [0.15, 0.2) is 18.2 Å². The van der Waals surface area contributed by atoms with Gasteiger partial charge in [-0.1, -0.05) is 38.3 Å². The summed E-state index contributed by atoms with van der Waals surface area (Å²) in [6.07, 6.45) is 3.34. The fraction of sp³-hybridized carbons (Fsp3) is 0.562. The van der Waals surface area contributed by atoms with Gasteiger partial charge >= 0.3 is 0 Å². The van der Waals surface area contributed by atoms with Crippen molar-refractivity contribution in [2.45, 2.75) is 46.1 Å². The highest BCUT2D eigenvalue weighted by atomic mass is 19.1. The van der Waals surface area contributed by atoms with Crippen molar-refractivity contribution in [3.05, 3.63) is 35.1 Å². The van der Waals surface area contributed by atoms with E-state index >= 15 is 0 Å². The van der Waals surface area contributed by atoms with Crippen molar-refractivity contribution >= 4 is 5.91 Å². The number of hydrogen-bond donors (Lipinski definition) is 1. The number of benzene rings is 1. The van der Waals surface area contributed by atoms with Gasteiger partial charge in [0.05, 0.1) is 5.56 Å². The number of rotatable bonds is 2.